The van der Waals surface area contributed by atoms with E-state index in [1.54, 1.807) is 43.5 Å². The van der Waals surface area contributed by atoms with E-state index in [1.165, 1.54) is 7.11 Å². The highest BCUT2D eigenvalue weighted by Gasteiger charge is 2.22. The minimum atomic E-state index is -0.138. The predicted octanol–water partition coefficient (Wildman–Crippen LogP) is 2.93. The van der Waals surface area contributed by atoms with E-state index in [2.05, 4.69) is 4.98 Å². The lowest BCUT2D eigenvalue weighted by molar-refractivity contribution is 0.0736. The number of hydrogen-bond acceptors (Lipinski definition) is 4. The zero-order valence-corrected chi connectivity index (χ0v) is 13.2. The van der Waals surface area contributed by atoms with Crippen LogP contribution in [-0.4, -0.2) is 37.1 Å². The number of ether oxygens (including phenoxy) is 2. The maximum absolute atomic E-state index is 12.7. The summed E-state index contributed by atoms with van der Waals surface area (Å²) in [5.41, 5.74) is 1.33. The van der Waals surface area contributed by atoms with Crippen molar-refractivity contribution < 1.29 is 14.3 Å². The lowest BCUT2D eigenvalue weighted by Gasteiger charge is -2.25. The summed E-state index contributed by atoms with van der Waals surface area (Å²) < 4.78 is 10.5. The average Bonchev–Trinajstić information content (AvgIpc) is 2.59. The molecule has 0 saturated heterocycles. The van der Waals surface area contributed by atoms with Crippen molar-refractivity contribution in [3.63, 3.8) is 0 Å². The van der Waals surface area contributed by atoms with Crippen LogP contribution in [0.2, 0.25) is 0 Å². The zero-order valence-electron chi connectivity index (χ0n) is 13.2. The first kappa shape index (κ1) is 15.8. The molecule has 0 bridgehead atoms. The largest absolute Gasteiger partial charge is 0.497 e. The van der Waals surface area contributed by atoms with Crippen LogP contribution in [0.25, 0.3) is 0 Å². The van der Waals surface area contributed by atoms with E-state index in [0.29, 0.717) is 17.1 Å². The van der Waals surface area contributed by atoms with E-state index in [1.807, 2.05) is 25.1 Å². The fourth-order valence-electron chi connectivity index (χ4n) is 2.16. The number of benzene rings is 1. The average molecular weight is 300 g/mol. The van der Waals surface area contributed by atoms with Gasteiger partial charge in [0.15, 0.2) is 0 Å². The van der Waals surface area contributed by atoms with Gasteiger partial charge in [0.2, 0.25) is 0 Å². The minimum Gasteiger partial charge on any atom is -0.497 e. The Morgan fingerprint density at radius 3 is 2.55 bits per heavy atom. The molecule has 1 unspecified atom stereocenters. The summed E-state index contributed by atoms with van der Waals surface area (Å²) in [5, 5.41) is 0. The Morgan fingerprint density at radius 2 is 1.95 bits per heavy atom. The molecule has 0 N–H and O–H groups in total. The molecule has 0 aliphatic rings. The number of pyridine rings is 1. The summed E-state index contributed by atoms with van der Waals surface area (Å²) >= 11 is 0. The third-order valence-electron chi connectivity index (χ3n) is 3.66. The molecule has 0 aliphatic heterocycles. The quantitative estimate of drug-likeness (QED) is 0.852. The van der Waals surface area contributed by atoms with Crippen molar-refractivity contribution in [1.29, 1.82) is 0 Å². The van der Waals surface area contributed by atoms with Gasteiger partial charge in [-0.05, 0) is 31.2 Å². The van der Waals surface area contributed by atoms with Crippen LogP contribution in [0.5, 0.6) is 11.5 Å². The van der Waals surface area contributed by atoms with Gasteiger partial charge in [0.1, 0.15) is 11.5 Å². The SMILES string of the molecule is COc1ccc(C(=O)N(C)C(C)c2ccccn2)c(OC)c1. The molecule has 0 spiro atoms. The molecule has 0 saturated carbocycles. The van der Waals surface area contributed by atoms with E-state index in [0.717, 1.165) is 5.69 Å². The first-order chi connectivity index (χ1) is 10.6. The number of carbonyl (C=O) groups excluding carboxylic acids is 1. The summed E-state index contributed by atoms with van der Waals surface area (Å²) in [6.07, 6.45) is 1.72. The van der Waals surface area contributed by atoms with E-state index in [4.69, 9.17) is 9.47 Å². The lowest BCUT2D eigenvalue weighted by atomic mass is 10.1. The van der Waals surface area contributed by atoms with Gasteiger partial charge in [-0.3, -0.25) is 9.78 Å². The van der Waals surface area contributed by atoms with Crippen LogP contribution in [-0.2, 0) is 0 Å². The van der Waals surface area contributed by atoms with Crippen molar-refractivity contribution >= 4 is 5.91 Å². The van der Waals surface area contributed by atoms with Crippen molar-refractivity contribution in [3.8, 4) is 11.5 Å². The van der Waals surface area contributed by atoms with Gasteiger partial charge in [0.25, 0.3) is 5.91 Å². The van der Waals surface area contributed by atoms with Gasteiger partial charge in [0.05, 0.1) is 31.5 Å². The Labute approximate surface area is 130 Å². The number of hydrogen-bond donors (Lipinski definition) is 0. The number of rotatable bonds is 5. The zero-order chi connectivity index (χ0) is 16.1. The van der Waals surface area contributed by atoms with Crippen LogP contribution >= 0.6 is 0 Å². The van der Waals surface area contributed by atoms with E-state index >= 15 is 0 Å². The van der Waals surface area contributed by atoms with Gasteiger partial charge < -0.3 is 14.4 Å². The number of aromatic nitrogens is 1. The van der Waals surface area contributed by atoms with Gasteiger partial charge in [-0.15, -0.1) is 0 Å². The van der Waals surface area contributed by atoms with E-state index in [-0.39, 0.29) is 11.9 Å². The molecule has 22 heavy (non-hydrogen) atoms. The van der Waals surface area contributed by atoms with Crippen molar-refractivity contribution in [2.75, 3.05) is 21.3 Å². The molecule has 5 nitrogen and oxygen atoms in total. The monoisotopic (exact) mass is 300 g/mol. The van der Waals surface area contributed by atoms with Crippen LogP contribution < -0.4 is 9.47 Å². The molecule has 1 aromatic carbocycles. The smallest absolute Gasteiger partial charge is 0.257 e. The third-order valence-corrected chi connectivity index (χ3v) is 3.66. The summed E-state index contributed by atoms with van der Waals surface area (Å²) in [5.74, 6) is 1.01. The minimum absolute atomic E-state index is 0.127. The first-order valence-corrected chi connectivity index (χ1v) is 6.98. The Hall–Kier alpha value is -2.56. The van der Waals surface area contributed by atoms with E-state index < -0.39 is 0 Å². The van der Waals surface area contributed by atoms with Crippen LogP contribution in [0.15, 0.2) is 42.6 Å². The van der Waals surface area contributed by atoms with Crippen molar-refractivity contribution in [1.82, 2.24) is 9.88 Å². The molecule has 116 valence electrons. The van der Waals surface area contributed by atoms with Gasteiger partial charge in [-0.2, -0.15) is 0 Å². The summed E-state index contributed by atoms with van der Waals surface area (Å²) in [6, 6.07) is 10.7. The van der Waals surface area contributed by atoms with Crippen LogP contribution in [0, 0.1) is 0 Å². The number of carbonyl (C=O) groups is 1. The van der Waals surface area contributed by atoms with E-state index in [9.17, 15) is 4.79 Å². The predicted molar refractivity (Wildman–Crippen MR) is 84.3 cm³/mol. The third kappa shape index (κ3) is 3.19. The normalized spacial score (nSPS) is 11.6. The van der Waals surface area contributed by atoms with Crippen LogP contribution in [0.4, 0.5) is 0 Å². The highest BCUT2D eigenvalue weighted by molar-refractivity contribution is 5.97. The fraction of sp³-hybridized carbons (Fsp3) is 0.294. The maximum atomic E-state index is 12.7. The molecule has 5 heteroatoms. The summed E-state index contributed by atoms with van der Waals surface area (Å²) in [4.78, 5) is 18.7. The van der Waals surface area contributed by atoms with Gasteiger partial charge in [-0.1, -0.05) is 6.07 Å². The molecule has 2 aromatic rings. The van der Waals surface area contributed by atoms with Crippen molar-refractivity contribution in [2.24, 2.45) is 0 Å². The lowest BCUT2D eigenvalue weighted by Crippen LogP contribution is -2.30. The highest BCUT2D eigenvalue weighted by Crippen LogP contribution is 2.27. The molecule has 0 radical (unpaired) electrons. The van der Waals surface area contributed by atoms with Crippen LogP contribution in [0.3, 0.4) is 0 Å². The Kier molecular flexibility index (Phi) is 4.99. The highest BCUT2D eigenvalue weighted by atomic mass is 16.5. The second-order valence-corrected chi connectivity index (χ2v) is 4.91. The van der Waals surface area contributed by atoms with Crippen LogP contribution in [0.1, 0.15) is 29.0 Å². The number of amides is 1. The van der Waals surface area contributed by atoms with Gasteiger partial charge in [0, 0.05) is 19.3 Å². The fourth-order valence-corrected chi connectivity index (χ4v) is 2.16. The second-order valence-electron chi connectivity index (χ2n) is 4.91. The topological polar surface area (TPSA) is 51.7 Å². The molecule has 0 fully saturated rings. The molecule has 2 rings (SSSR count). The van der Waals surface area contributed by atoms with Gasteiger partial charge in [-0.25, -0.2) is 0 Å². The molecular weight excluding hydrogens is 280 g/mol. The molecule has 1 heterocycles. The maximum Gasteiger partial charge on any atom is 0.257 e. The standard InChI is InChI=1S/C17H20N2O3/c1-12(15-7-5-6-10-18-15)19(2)17(20)14-9-8-13(21-3)11-16(14)22-4/h5-12H,1-4H3. The Balaban J connectivity index is 2.27. The summed E-state index contributed by atoms with van der Waals surface area (Å²) in [6.45, 7) is 1.94. The van der Waals surface area contributed by atoms with Crippen molar-refractivity contribution in [2.45, 2.75) is 13.0 Å². The molecule has 1 atom stereocenters. The molecule has 0 aliphatic carbocycles. The molecule has 1 aromatic heterocycles. The molecule has 1 amide bonds. The second kappa shape index (κ2) is 6.93. The number of nitrogens with zero attached hydrogens (tertiary/aromatic N) is 2. The van der Waals surface area contributed by atoms with Gasteiger partial charge >= 0.3 is 0 Å². The van der Waals surface area contributed by atoms with Crippen molar-refractivity contribution in [3.05, 3.63) is 53.9 Å². The summed E-state index contributed by atoms with van der Waals surface area (Å²) in [7, 11) is 4.87. The molecular formula is C17H20N2O3. The first-order valence-electron chi connectivity index (χ1n) is 6.98. The Bertz CT molecular complexity index is 644. The number of methoxy groups -OCH3 is 2. The Morgan fingerprint density at radius 1 is 1.18 bits per heavy atom.